The summed E-state index contributed by atoms with van der Waals surface area (Å²) in [6.07, 6.45) is -2.58. The molecular formula is C22H24ClF3N2O3S. The zero-order chi connectivity index (χ0) is 23.4. The third-order valence-corrected chi connectivity index (χ3v) is 7.65. The van der Waals surface area contributed by atoms with Crippen LogP contribution < -0.4 is 5.32 Å². The fourth-order valence-electron chi connectivity index (χ4n) is 3.71. The highest BCUT2D eigenvalue weighted by atomic mass is 35.5. The Morgan fingerprint density at radius 3 is 2.56 bits per heavy atom. The van der Waals surface area contributed by atoms with Crippen LogP contribution in [0.15, 0.2) is 48.5 Å². The van der Waals surface area contributed by atoms with Gasteiger partial charge in [-0.25, -0.2) is 12.7 Å². The van der Waals surface area contributed by atoms with Gasteiger partial charge in [0.1, 0.15) is 0 Å². The number of aryl methyl sites for hydroxylation is 1. The van der Waals surface area contributed by atoms with Crippen LogP contribution in [-0.4, -0.2) is 37.5 Å². The van der Waals surface area contributed by atoms with E-state index in [2.05, 4.69) is 5.32 Å². The molecule has 1 heterocycles. The minimum atomic E-state index is -4.65. The number of benzene rings is 2. The monoisotopic (exact) mass is 488 g/mol. The molecule has 10 heteroatoms. The lowest BCUT2D eigenvalue weighted by atomic mass is 9.98. The minimum absolute atomic E-state index is 0.0131. The van der Waals surface area contributed by atoms with E-state index in [9.17, 15) is 26.4 Å². The van der Waals surface area contributed by atoms with E-state index in [4.69, 9.17) is 11.6 Å². The van der Waals surface area contributed by atoms with Gasteiger partial charge in [0, 0.05) is 18.8 Å². The summed E-state index contributed by atoms with van der Waals surface area (Å²) in [5.74, 6) is -1.18. The summed E-state index contributed by atoms with van der Waals surface area (Å²) < 4.78 is 65.9. The molecule has 0 unspecified atom stereocenters. The van der Waals surface area contributed by atoms with Crippen molar-refractivity contribution in [3.8, 4) is 0 Å². The van der Waals surface area contributed by atoms with Crippen molar-refractivity contribution in [1.82, 2.24) is 4.31 Å². The Morgan fingerprint density at radius 2 is 1.88 bits per heavy atom. The standard InChI is InChI=1S/C22H24ClF3N2O3S/c23-20-11-10-18(14-19(20)22(24,25)26)27-21(29)17-9-4-12-28(15-17)32(30,31)13-5-8-16-6-2-1-3-7-16/h1-3,6-7,10-11,14,17H,4-5,8-9,12-13,15H2,(H,27,29)/t17-/m0/s1. The van der Waals surface area contributed by atoms with Gasteiger partial charge in [0.2, 0.25) is 15.9 Å². The number of nitrogens with zero attached hydrogens (tertiary/aromatic N) is 1. The van der Waals surface area contributed by atoms with E-state index >= 15 is 0 Å². The van der Waals surface area contributed by atoms with Gasteiger partial charge in [-0.1, -0.05) is 41.9 Å². The predicted molar refractivity (Wildman–Crippen MR) is 118 cm³/mol. The second-order valence-corrected chi connectivity index (χ2v) is 10.3. The zero-order valence-electron chi connectivity index (χ0n) is 17.2. The maximum Gasteiger partial charge on any atom is 0.417 e. The molecule has 1 N–H and O–H groups in total. The van der Waals surface area contributed by atoms with Crippen LogP contribution in [0.1, 0.15) is 30.4 Å². The molecule has 1 aliphatic heterocycles. The van der Waals surface area contributed by atoms with Crippen molar-refractivity contribution in [3.63, 3.8) is 0 Å². The smallest absolute Gasteiger partial charge is 0.326 e. The Kier molecular flexibility index (Phi) is 7.84. The number of carbonyl (C=O) groups excluding carboxylic acids is 1. The third kappa shape index (κ3) is 6.46. The minimum Gasteiger partial charge on any atom is -0.326 e. The number of hydrogen-bond donors (Lipinski definition) is 1. The van der Waals surface area contributed by atoms with E-state index < -0.39 is 38.6 Å². The highest BCUT2D eigenvalue weighted by Crippen LogP contribution is 2.36. The van der Waals surface area contributed by atoms with Crippen LogP contribution in [0.5, 0.6) is 0 Å². The maximum atomic E-state index is 13.0. The highest BCUT2D eigenvalue weighted by molar-refractivity contribution is 7.89. The molecule has 0 spiro atoms. The summed E-state index contributed by atoms with van der Waals surface area (Å²) in [6.45, 7) is 0.343. The summed E-state index contributed by atoms with van der Waals surface area (Å²) >= 11 is 5.61. The number of piperidine rings is 1. The van der Waals surface area contributed by atoms with Gasteiger partial charge < -0.3 is 5.32 Å². The second kappa shape index (κ2) is 10.2. The van der Waals surface area contributed by atoms with Crippen molar-refractivity contribution in [2.45, 2.75) is 31.9 Å². The van der Waals surface area contributed by atoms with Crippen LogP contribution in [0.4, 0.5) is 18.9 Å². The van der Waals surface area contributed by atoms with Crippen molar-refractivity contribution < 1.29 is 26.4 Å². The van der Waals surface area contributed by atoms with Crippen LogP contribution in [-0.2, 0) is 27.4 Å². The van der Waals surface area contributed by atoms with E-state index in [1.165, 1.54) is 10.4 Å². The summed E-state index contributed by atoms with van der Waals surface area (Å²) in [6, 6.07) is 12.7. The molecule has 1 amide bonds. The molecule has 0 aromatic heterocycles. The first kappa shape index (κ1) is 24.5. The molecule has 3 rings (SSSR count). The molecule has 2 aromatic carbocycles. The van der Waals surface area contributed by atoms with E-state index in [1.807, 2.05) is 30.3 Å². The molecular weight excluding hydrogens is 465 g/mol. The van der Waals surface area contributed by atoms with Gasteiger partial charge in [-0.2, -0.15) is 13.2 Å². The number of anilines is 1. The molecule has 1 atom stereocenters. The Hall–Kier alpha value is -2.10. The average molecular weight is 489 g/mol. The van der Waals surface area contributed by atoms with Crippen molar-refractivity contribution in [2.75, 3.05) is 24.2 Å². The number of rotatable bonds is 7. The van der Waals surface area contributed by atoms with Crippen molar-refractivity contribution in [3.05, 3.63) is 64.7 Å². The second-order valence-electron chi connectivity index (χ2n) is 7.78. The molecule has 0 saturated carbocycles. The first-order valence-corrected chi connectivity index (χ1v) is 12.2. The Balaban J connectivity index is 1.59. The van der Waals surface area contributed by atoms with Gasteiger partial charge >= 0.3 is 6.18 Å². The van der Waals surface area contributed by atoms with Gasteiger partial charge in [-0.05, 0) is 49.4 Å². The van der Waals surface area contributed by atoms with Gasteiger partial charge in [-0.15, -0.1) is 0 Å². The largest absolute Gasteiger partial charge is 0.417 e. The molecule has 32 heavy (non-hydrogen) atoms. The number of carbonyl (C=O) groups is 1. The predicted octanol–water partition coefficient (Wildman–Crippen LogP) is 4.97. The lowest BCUT2D eigenvalue weighted by Crippen LogP contribution is -2.44. The van der Waals surface area contributed by atoms with Crippen molar-refractivity contribution >= 4 is 33.2 Å². The Morgan fingerprint density at radius 1 is 1.16 bits per heavy atom. The Labute approximate surface area is 190 Å². The molecule has 5 nitrogen and oxygen atoms in total. The molecule has 174 valence electrons. The van der Waals surface area contributed by atoms with Crippen LogP contribution in [0.3, 0.4) is 0 Å². The first-order valence-electron chi connectivity index (χ1n) is 10.3. The third-order valence-electron chi connectivity index (χ3n) is 5.40. The summed E-state index contributed by atoms with van der Waals surface area (Å²) in [7, 11) is -3.54. The van der Waals surface area contributed by atoms with Crippen molar-refractivity contribution in [2.24, 2.45) is 5.92 Å². The van der Waals surface area contributed by atoms with Crippen LogP contribution in [0.25, 0.3) is 0 Å². The fourth-order valence-corrected chi connectivity index (χ4v) is 5.51. The van der Waals surface area contributed by atoms with Gasteiger partial charge in [0.05, 0.1) is 22.3 Å². The molecule has 0 bridgehead atoms. The summed E-state index contributed by atoms with van der Waals surface area (Å²) in [4.78, 5) is 12.6. The molecule has 2 aromatic rings. The molecule has 1 fully saturated rings. The zero-order valence-corrected chi connectivity index (χ0v) is 18.8. The van der Waals surface area contributed by atoms with E-state index in [1.54, 1.807) is 0 Å². The van der Waals surface area contributed by atoms with E-state index in [-0.39, 0.29) is 18.0 Å². The molecule has 1 aliphatic rings. The molecule has 0 radical (unpaired) electrons. The van der Waals surface area contributed by atoms with Crippen molar-refractivity contribution in [1.29, 1.82) is 0 Å². The maximum absolute atomic E-state index is 13.0. The van der Waals surface area contributed by atoms with E-state index in [0.29, 0.717) is 32.2 Å². The lowest BCUT2D eigenvalue weighted by Gasteiger charge is -2.31. The number of sulfonamides is 1. The quantitative estimate of drug-likeness (QED) is 0.598. The molecule has 0 aliphatic carbocycles. The normalized spacial score (nSPS) is 17.8. The summed E-state index contributed by atoms with van der Waals surface area (Å²) in [5, 5.41) is 2.01. The molecule has 1 saturated heterocycles. The van der Waals surface area contributed by atoms with Gasteiger partial charge in [0.15, 0.2) is 0 Å². The topological polar surface area (TPSA) is 66.5 Å². The van der Waals surface area contributed by atoms with Crippen LogP contribution in [0.2, 0.25) is 5.02 Å². The number of nitrogens with one attached hydrogen (secondary N) is 1. The first-order chi connectivity index (χ1) is 15.1. The number of halogens is 4. The van der Waals surface area contributed by atoms with Gasteiger partial charge in [0.25, 0.3) is 0 Å². The van der Waals surface area contributed by atoms with Crippen LogP contribution >= 0.6 is 11.6 Å². The number of alkyl halides is 3. The van der Waals surface area contributed by atoms with Crippen LogP contribution in [0, 0.1) is 5.92 Å². The Bertz CT molecular complexity index is 1050. The SMILES string of the molecule is O=C(Nc1ccc(Cl)c(C(F)(F)F)c1)[C@H]1CCCN(S(=O)(=O)CCCc2ccccc2)C1. The van der Waals surface area contributed by atoms with E-state index in [0.717, 1.165) is 17.7 Å². The average Bonchev–Trinajstić information content (AvgIpc) is 2.75. The van der Waals surface area contributed by atoms with Gasteiger partial charge in [-0.3, -0.25) is 4.79 Å². The number of amides is 1. The highest BCUT2D eigenvalue weighted by Gasteiger charge is 2.35. The fraction of sp³-hybridized carbons (Fsp3) is 0.409. The summed E-state index contributed by atoms with van der Waals surface area (Å²) in [5.41, 5.74) is -0.0161. The lowest BCUT2D eigenvalue weighted by molar-refractivity contribution is -0.137. The number of hydrogen-bond acceptors (Lipinski definition) is 3.